The third-order valence-electron chi connectivity index (χ3n) is 8.96. The highest BCUT2D eigenvalue weighted by molar-refractivity contribution is 5.79. The molecule has 0 radical (unpaired) electrons. The molecule has 10 nitrogen and oxygen atoms in total. The van der Waals surface area contributed by atoms with Crippen molar-refractivity contribution in [3.63, 3.8) is 0 Å². The maximum absolute atomic E-state index is 14.3. The number of imidazole rings is 1. The van der Waals surface area contributed by atoms with Gasteiger partial charge in [0.2, 0.25) is 5.88 Å². The SMILES string of the molecule is COc1ncnc(C2CC2)c1-c1ncc2cc(C3CCN(C)CC3)c(=O)n(Cc3ccc(-c4nc(C(F)(F)F)cn4C)cc3)c2n1. The number of piperidine rings is 1. The van der Waals surface area contributed by atoms with Crippen molar-refractivity contribution in [2.75, 3.05) is 27.2 Å². The van der Waals surface area contributed by atoms with Gasteiger partial charge >= 0.3 is 6.18 Å². The summed E-state index contributed by atoms with van der Waals surface area (Å²) in [5.41, 5.74) is 2.94. The average Bonchev–Trinajstić information content (AvgIpc) is 3.82. The lowest BCUT2D eigenvalue weighted by Gasteiger charge is -2.29. The number of methoxy groups -OCH3 is 1. The Morgan fingerprint density at radius 3 is 2.35 bits per heavy atom. The predicted octanol–water partition coefficient (Wildman–Crippen LogP) is 5.41. The molecule has 1 aliphatic carbocycles. The molecule has 5 aromatic rings. The second kappa shape index (κ2) is 11.6. The highest BCUT2D eigenvalue weighted by Gasteiger charge is 2.35. The normalized spacial score (nSPS) is 16.3. The van der Waals surface area contributed by atoms with Crippen LogP contribution in [0.4, 0.5) is 13.2 Å². The van der Waals surface area contributed by atoms with E-state index < -0.39 is 11.9 Å². The van der Waals surface area contributed by atoms with Crippen molar-refractivity contribution >= 4 is 11.0 Å². The van der Waals surface area contributed by atoms with Crippen molar-refractivity contribution < 1.29 is 17.9 Å². The van der Waals surface area contributed by atoms with Gasteiger partial charge in [0.1, 0.15) is 23.4 Å². The van der Waals surface area contributed by atoms with E-state index in [0.29, 0.717) is 28.5 Å². The predicted molar refractivity (Wildman–Crippen MR) is 166 cm³/mol. The minimum atomic E-state index is -4.53. The number of fused-ring (bicyclic) bond motifs is 1. The van der Waals surface area contributed by atoms with Gasteiger partial charge < -0.3 is 14.2 Å². The summed E-state index contributed by atoms with van der Waals surface area (Å²) in [6, 6.07) is 8.98. The number of ether oxygens (including phenoxy) is 1. The molecule has 0 bridgehead atoms. The summed E-state index contributed by atoms with van der Waals surface area (Å²) in [4.78, 5) is 38.9. The molecular formula is C33H33F3N8O2. The maximum Gasteiger partial charge on any atom is 0.434 e. The first-order chi connectivity index (χ1) is 22.1. The number of pyridine rings is 1. The molecule has 1 saturated heterocycles. The Morgan fingerprint density at radius 1 is 0.957 bits per heavy atom. The molecule has 1 aliphatic heterocycles. The molecule has 0 amide bonds. The number of alkyl halides is 3. The number of rotatable bonds is 7. The molecule has 0 unspecified atom stereocenters. The fourth-order valence-electron chi connectivity index (χ4n) is 6.29. The maximum atomic E-state index is 14.3. The Labute approximate surface area is 262 Å². The van der Waals surface area contributed by atoms with Gasteiger partial charge in [0.05, 0.1) is 19.3 Å². The second-order valence-corrected chi connectivity index (χ2v) is 12.2. The number of hydrogen-bond acceptors (Lipinski definition) is 8. The van der Waals surface area contributed by atoms with Crippen LogP contribution in [0.25, 0.3) is 33.8 Å². The lowest BCUT2D eigenvalue weighted by molar-refractivity contribution is -0.140. The van der Waals surface area contributed by atoms with Crippen molar-refractivity contribution in [2.45, 2.75) is 50.2 Å². The highest BCUT2D eigenvalue weighted by Crippen LogP contribution is 2.45. The first-order valence-electron chi connectivity index (χ1n) is 15.3. The lowest BCUT2D eigenvalue weighted by atomic mass is 9.90. The van der Waals surface area contributed by atoms with Crippen LogP contribution >= 0.6 is 0 Å². The molecule has 13 heteroatoms. The minimum Gasteiger partial charge on any atom is -0.480 e. The van der Waals surface area contributed by atoms with Crippen LogP contribution in [-0.2, 0) is 19.8 Å². The molecule has 0 atom stereocenters. The van der Waals surface area contributed by atoms with Gasteiger partial charge in [-0.15, -0.1) is 0 Å². The van der Waals surface area contributed by atoms with Crippen LogP contribution in [0.2, 0.25) is 0 Å². The highest BCUT2D eigenvalue weighted by atomic mass is 19.4. The second-order valence-electron chi connectivity index (χ2n) is 12.2. The summed E-state index contributed by atoms with van der Waals surface area (Å²) < 4.78 is 48.4. The van der Waals surface area contributed by atoms with Gasteiger partial charge in [0.15, 0.2) is 11.5 Å². The van der Waals surface area contributed by atoms with Crippen LogP contribution in [0, 0.1) is 0 Å². The van der Waals surface area contributed by atoms with Crippen LogP contribution in [0.15, 0.2) is 53.8 Å². The third-order valence-corrected chi connectivity index (χ3v) is 8.96. The molecule has 46 heavy (non-hydrogen) atoms. The smallest absolute Gasteiger partial charge is 0.434 e. The number of halogens is 3. The summed E-state index contributed by atoms with van der Waals surface area (Å²) >= 11 is 0. The standard InChI is InChI=1S/C33H33F3N8O2/c1-42-12-10-20(11-13-42)24-14-23-15-37-28(26-27(21-8-9-21)38-18-39-31(26)46-3)41-30(23)44(32(24)45)16-19-4-6-22(7-5-19)29-40-25(17-43(29)2)33(34,35)36/h4-7,14-15,17-18,20-21H,8-13,16H2,1-3H3. The number of aryl methyl sites for hydroxylation is 1. The van der Waals surface area contributed by atoms with E-state index >= 15 is 0 Å². The molecule has 1 aromatic carbocycles. The Morgan fingerprint density at radius 2 is 1.70 bits per heavy atom. The van der Waals surface area contributed by atoms with Gasteiger partial charge in [-0.3, -0.25) is 9.36 Å². The number of hydrogen-bond donors (Lipinski definition) is 0. The molecule has 4 aromatic heterocycles. The Kier molecular flexibility index (Phi) is 7.58. The third kappa shape index (κ3) is 5.63. The zero-order chi connectivity index (χ0) is 32.2. The van der Waals surface area contributed by atoms with Crippen LogP contribution in [0.3, 0.4) is 0 Å². The Hall–Kier alpha value is -4.65. The average molecular weight is 631 g/mol. The van der Waals surface area contributed by atoms with Crippen LogP contribution in [-0.4, -0.2) is 66.2 Å². The molecule has 0 spiro atoms. The lowest BCUT2D eigenvalue weighted by Crippen LogP contribution is -2.33. The zero-order valence-corrected chi connectivity index (χ0v) is 25.8. The van der Waals surface area contributed by atoms with E-state index in [1.807, 2.05) is 6.07 Å². The zero-order valence-electron chi connectivity index (χ0n) is 25.8. The molecular weight excluding hydrogens is 597 g/mol. The summed E-state index contributed by atoms with van der Waals surface area (Å²) in [7, 11) is 5.16. The molecule has 7 rings (SSSR count). The quantitative estimate of drug-likeness (QED) is 0.235. The number of nitrogens with zero attached hydrogens (tertiary/aromatic N) is 8. The van der Waals surface area contributed by atoms with Gasteiger partial charge in [-0.2, -0.15) is 13.2 Å². The van der Waals surface area contributed by atoms with Crippen LogP contribution in [0.5, 0.6) is 5.88 Å². The van der Waals surface area contributed by atoms with Crippen molar-refractivity contribution in [1.29, 1.82) is 0 Å². The van der Waals surface area contributed by atoms with E-state index in [4.69, 9.17) is 14.7 Å². The summed E-state index contributed by atoms with van der Waals surface area (Å²) in [5, 5.41) is 0.741. The molecule has 2 fully saturated rings. The van der Waals surface area contributed by atoms with Gasteiger partial charge in [0, 0.05) is 41.9 Å². The minimum absolute atomic E-state index is 0.108. The van der Waals surface area contributed by atoms with Gasteiger partial charge in [0.25, 0.3) is 5.56 Å². The first-order valence-corrected chi connectivity index (χ1v) is 15.3. The number of aromatic nitrogens is 7. The fourth-order valence-corrected chi connectivity index (χ4v) is 6.29. The van der Waals surface area contributed by atoms with E-state index in [2.05, 4.69) is 26.9 Å². The molecule has 1 saturated carbocycles. The van der Waals surface area contributed by atoms with Crippen molar-refractivity contribution in [3.8, 4) is 28.7 Å². The Balaban J connectivity index is 1.32. The van der Waals surface area contributed by atoms with Gasteiger partial charge in [-0.25, -0.2) is 24.9 Å². The van der Waals surface area contributed by atoms with E-state index in [1.54, 1.807) is 42.1 Å². The van der Waals surface area contributed by atoms with E-state index in [9.17, 15) is 18.0 Å². The molecule has 5 heterocycles. The van der Waals surface area contributed by atoms with E-state index in [-0.39, 0.29) is 29.8 Å². The summed E-state index contributed by atoms with van der Waals surface area (Å²) in [6.45, 7) is 2.01. The molecule has 238 valence electrons. The topological polar surface area (TPSA) is 104 Å². The van der Waals surface area contributed by atoms with Crippen molar-refractivity contribution in [1.82, 2.24) is 39.0 Å². The van der Waals surface area contributed by atoms with Crippen molar-refractivity contribution in [3.05, 3.63) is 81.9 Å². The number of likely N-dealkylation sites (tertiary alicyclic amines) is 1. The van der Waals surface area contributed by atoms with Gasteiger partial charge in [-0.05, 0) is 63.4 Å². The summed E-state index contributed by atoms with van der Waals surface area (Å²) in [5.74, 6) is 1.36. The largest absolute Gasteiger partial charge is 0.480 e. The van der Waals surface area contributed by atoms with Gasteiger partial charge in [-0.1, -0.05) is 24.3 Å². The molecule has 0 N–H and O–H groups in total. The summed E-state index contributed by atoms with van der Waals surface area (Å²) in [6.07, 6.45) is 3.44. The van der Waals surface area contributed by atoms with Crippen LogP contribution < -0.4 is 10.3 Å². The monoisotopic (exact) mass is 630 g/mol. The van der Waals surface area contributed by atoms with Crippen molar-refractivity contribution in [2.24, 2.45) is 7.05 Å². The molecule has 2 aliphatic rings. The van der Waals surface area contributed by atoms with E-state index in [0.717, 1.165) is 67.2 Å². The van der Waals surface area contributed by atoms with E-state index in [1.165, 1.54) is 17.9 Å². The number of benzene rings is 1. The first kappa shape index (κ1) is 30.0. The van der Waals surface area contributed by atoms with Crippen LogP contribution in [0.1, 0.15) is 60.0 Å². The fraction of sp³-hybridized carbons (Fsp3) is 0.394. The Bertz CT molecular complexity index is 1970.